The summed E-state index contributed by atoms with van der Waals surface area (Å²) in [6, 6.07) is 1.29. The molecular formula is C15H15F5O6S2. The number of sulfone groups is 2. The highest BCUT2D eigenvalue weighted by molar-refractivity contribution is 7.92. The van der Waals surface area contributed by atoms with Gasteiger partial charge in [0, 0.05) is 36.6 Å². The number of alkyl halides is 5. The monoisotopic (exact) mass is 450 g/mol. The van der Waals surface area contributed by atoms with E-state index in [9.17, 15) is 43.9 Å². The van der Waals surface area contributed by atoms with Crippen LogP contribution in [0.15, 0.2) is 17.0 Å². The summed E-state index contributed by atoms with van der Waals surface area (Å²) in [4.78, 5) is -1.45. The van der Waals surface area contributed by atoms with Gasteiger partial charge in [0.05, 0.1) is 10.1 Å². The van der Waals surface area contributed by atoms with Crippen molar-refractivity contribution in [1.82, 2.24) is 0 Å². The van der Waals surface area contributed by atoms with Crippen LogP contribution in [0.1, 0.15) is 30.1 Å². The molecule has 1 atom stereocenters. The summed E-state index contributed by atoms with van der Waals surface area (Å²) in [7, 11) is -9.29. The van der Waals surface area contributed by atoms with E-state index in [1.165, 1.54) is 0 Å². The largest absolute Gasteiger partial charge is 0.501 e. The van der Waals surface area contributed by atoms with E-state index in [1.54, 1.807) is 0 Å². The first-order valence-corrected chi connectivity index (χ1v) is 11.4. The molecular weight excluding hydrogens is 435 g/mol. The van der Waals surface area contributed by atoms with E-state index < -0.39 is 71.0 Å². The summed E-state index contributed by atoms with van der Waals surface area (Å²) >= 11 is 0. The minimum Gasteiger partial charge on any atom is -0.490 e. The molecule has 0 bridgehead atoms. The fourth-order valence-electron chi connectivity index (χ4n) is 3.26. The Bertz CT molecular complexity index is 1010. The molecule has 13 heteroatoms. The maximum atomic E-state index is 14.0. The second kappa shape index (κ2) is 6.26. The Morgan fingerprint density at radius 2 is 1.71 bits per heavy atom. The van der Waals surface area contributed by atoms with Crippen LogP contribution in [0, 0.1) is 0 Å². The Hall–Kier alpha value is -1.47. The number of ether oxygens (including phenoxy) is 1. The van der Waals surface area contributed by atoms with Crippen molar-refractivity contribution in [2.75, 3.05) is 6.26 Å². The molecule has 0 aliphatic heterocycles. The van der Waals surface area contributed by atoms with Crippen molar-refractivity contribution in [2.24, 2.45) is 0 Å². The van der Waals surface area contributed by atoms with Gasteiger partial charge >= 0.3 is 5.51 Å². The van der Waals surface area contributed by atoms with Gasteiger partial charge in [-0.15, -0.1) is 0 Å². The van der Waals surface area contributed by atoms with Gasteiger partial charge in [0.15, 0.2) is 9.84 Å². The van der Waals surface area contributed by atoms with Crippen LogP contribution in [-0.4, -0.2) is 51.0 Å². The highest BCUT2D eigenvalue weighted by Gasteiger charge is 2.55. The molecule has 1 saturated carbocycles. The maximum Gasteiger partial charge on any atom is 0.501 e. The van der Waals surface area contributed by atoms with E-state index in [1.807, 2.05) is 0 Å². The molecule has 158 valence electrons. The van der Waals surface area contributed by atoms with Crippen LogP contribution < -0.4 is 4.74 Å². The second-order valence-corrected chi connectivity index (χ2v) is 11.1. The molecule has 1 N–H and O–H groups in total. The number of hydrogen-bond donors (Lipinski definition) is 1. The Balaban J connectivity index is 2.01. The lowest BCUT2D eigenvalue weighted by Crippen LogP contribution is -2.42. The van der Waals surface area contributed by atoms with Crippen molar-refractivity contribution in [1.29, 1.82) is 0 Å². The van der Waals surface area contributed by atoms with Crippen molar-refractivity contribution in [3.63, 3.8) is 0 Å². The minimum absolute atomic E-state index is 0.0646. The van der Waals surface area contributed by atoms with Crippen LogP contribution in [0.5, 0.6) is 5.75 Å². The third kappa shape index (κ3) is 3.36. The maximum absolute atomic E-state index is 14.0. The Labute approximate surface area is 157 Å². The summed E-state index contributed by atoms with van der Waals surface area (Å²) in [5.41, 5.74) is -7.32. The average Bonchev–Trinajstić information content (AvgIpc) is 2.70. The first-order valence-electron chi connectivity index (χ1n) is 7.94. The molecule has 0 spiro atoms. The molecule has 0 aromatic heterocycles. The molecule has 1 fully saturated rings. The van der Waals surface area contributed by atoms with Crippen LogP contribution in [0.3, 0.4) is 0 Å². The molecule has 0 amide bonds. The number of halogens is 5. The molecule has 1 aromatic rings. The molecule has 2 aliphatic carbocycles. The fourth-order valence-corrected chi connectivity index (χ4v) is 5.41. The zero-order valence-electron chi connectivity index (χ0n) is 14.2. The van der Waals surface area contributed by atoms with Gasteiger partial charge in [-0.2, -0.15) is 13.2 Å². The quantitative estimate of drug-likeness (QED) is 0.707. The van der Waals surface area contributed by atoms with Crippen molar-refractivity contribution >= 4 is 19.7 Å². The topological polar surface area (TPSA) is 97.7 Å². The summed E-state index contributed by atoms with van der Waals surface area (Å²) in [5, 5.41) is 9.10. The highest BCUT2D eigenvalue weighted by atomic mass is 32.2. The van der Waals surface area contributed by atoms with Crippen LogP contribution in [-0.2, 0) is 26.1 Å². The Morgan fingerprint density at radius 3 is 2.21 bits per heavy atom. The zero-order chi connectivity index (χ0) is 21.3. The number of benzene rings is 1. The van der Waals surface area contributed by atoms with Gasteiger partial charge in [-0.1, -0.05) is 0 Å². The standard InChI is InChI=1S/C15H15F5O6S2/c1-27(22,23)8-4-7(5-8)26-10-2-3-11(28(24,25)15(18,19)20)12-9(10)6-14(16,17)13(12)21/h2-3,7-8,13,21H,4-6H2,1H3/t7?,8?,13-/m0/s1. The van der Waals surface area contributed by atoms with Crippen LogP contribution >= 0.6 is 0 Å². The average molecular weight is 450 g/mol. The lowest BCUT2D eigenvalue weighted by atomic mass is 9.95. The Kier molecular flexibility index (Phi) is 4.75. The van der Waals surface area contributed by atoms with E-state index in [0.717, 1.165) is 12.3 Å². The van der Waals surface area contributed by atoms with Gasteiger partial charge < -0.3 is 9.84 Å². The molecule has 0 saturated heterocycles. The zero-order valence-corrected chi connectivity index (χ0v) is 15.8. The van der Waals surface area contributed by atoms with E-state index in [2.05, 4.69) is 0 Å². The van der Waals surface area contributed by atoms with Gasteiger partial charge in [-0.3, -0.25) is 0 Å². The predicted octanol–water partition coefficient (Wildman–Crippen LogP) is 2.16. The molecule has 0 heterocycles. The second-order valence-electron chi connectivity index (χ2n) is 6.91. The van der Waals surface area contributed by atoms with Crippen molar-refractivity contribution < 1.29 is 48.6 Å². The van der Waals surface area contributed by atoms with Gasteiger partial charge in [0.1, 0.15) is 18.0 Å². The molecule has 6 nitrogen and oxygen atoms in total. The predicted molar refractivity (Wildman–Crippen MR) is 85.6 cm³/mol. The van der Waals surface area contributed by atoms with Crippen LogP contribution in [0.2, 0.25) is 0 Å². The molecule has 1 aromatic carbocycles. The van der Waals surface area contributed by atoms with Gasteiger partial charge in [0.2, 0.25) is 0 Å². The smallest absolute Gasteiger partial charge is 0.490 e. The van der Waals surface area contributed by atoms with Gasteiger partial charge in [0.25, 0.3) is 15.8 Å². The van der Waals surface area contributed by atoms with Crippen molar-refractivity contribution in [3.05, 3.63) is 23.3 Å². The third-order valence-corrected chi connectivity index (χ3v) is 8.05. The number of fused-ring (bicyclic) bond motifs is 1. The normalized spacial score (nSPS) is 27.2. The van der Waals surface area contributed by atoms with Crippen molar-refractivity contribution in [3.8, 4) is 5.75 Å². The molecule has 0 radical (unpaired) electrons. The SMILES string of the molecule is CS(=O)(=O)C1CC(Oc2ccc(S(=O)(=O)C(F)(F)F)c3c2CC(F)(F)[C@H]3O)C1. The lowest BCUT2D eigenvalue weighted by molar-refractivity contribution is -0.0979. The summed E-state index contributed by atoms with van der Waals surface area (Å²) in [6.07, 6.45) is -3.48. The van der Waals surface area contributed by atoms with E-state index in [0.29, 0.717) is 6.07 Å². The molecule has 3 rings (SSSR count). The van der Waals surface area contributed by atoms with Crippen LogP contribution in [0.25, 0.3) is 0 Å². The number of hydrogen-bond acceptors (Lipinski definition) is 6. The van der Waals surface area contributed by atoms with Gasteiger partial charge in [-0.25, -0.2) is 25.6 Å². The lowest BCUT2D eigenvalue weighted by Gasteiger charge is -2.34. The molecule has 2 aliphatic rings. The first kappa shape index (κ1) is 21.2. The summed E-state index contributed by atoms with van der Waals surface area (Å²) in [6.45, 7) is 0. The summed E-state index contributed by atoms with van der Waals surface area (Å²) in [5.74, 6) is -4.18. The Morgan fingerprint density at radius 1 is 1.14 bits per heavy atom. The van der Waals surface area contributed by atoms with Crippen molar-refractivity contribution in [2.45, 2.75) is 53.0 Å². The molecule has 0 unspecified atom stereocenters. The fraction of sp³-hybridized carbons (Fsp3) is 0.600. The van der Waals surface area contributed by atoms with E-state index >= 15 is 0 Å². The van der Waals surface area contributed by atoms with E-state index in [4.69, 9.17) is 4.74 Å². The number of aliphatic hydroxyl groups is 1. The molecule has 28 heavy (non-hydrogen) atoms. The third-order valence-electron chi connectivity index (χ3n) is 4.90. The van der Waals surface area contributed by atoms with E-state index in [-0.39, 0.29) is 18.6 Å². The van der Waals surface area contributed by atoms with Gasteiger partial charge in [-0.05, 0) is 12.1 Å². The summed E-state index contributed by atoms with van der Waals surface area (Å²) < 4.78 is 118. The minimum atomic E-state index is -5.98. The first-order chi connectivity index (χ1) is 12.6. The number of rotatable bonds is 4. The van der Waals surface area contributed by atoms with Crippen LogP contribution in [0.4, 0.5) is 22.0 Å². The highest BCUT2D eigenvalue weighted by Crippen LogP contribution is 2.51. The number of aliphatic hydroxyl groups excluding tert-OH is 1.